The van der Waals surface area contributed by atoms with Crippen LogP contribution in [-0.4, -0.2) is 19.0 Å². The van der Waals surface area contributed by atoms with E-state index >= 15 is 0 Å². The molecule has 22 heavy (non-hydrogen) atoms. The maximum absolute atomic E-state index is 13.1. The van der Waals surface area contributed by atoms with Crippen LogP contribution in [0.25, 0.3) is 0 Å². The van der Waals surface area contributed by atoms with Crippen molar-refractivity contribution >= 4 is 22.2 Å². The zero-order chi connectivity index (χ0) is 15.5. The number of benzene rings is 1. The standard InChI is InChI=1S/C17H19FN2OS/c1-2-20-8-4-6-13-10-15(22-17(13)20)16(21)19-11-12-5-3-7-14(18)9-12/h3,5,7,9-10H,2,4,6,8,11H2,1H3,(H,19,21). The molecule has 0 saturated carbocycles. The van der Waals surface area contributed by atoms with Crippen LogP contribution in [-0.2, 0) is 13.0 Å². The number of amides is 1. The number of carbonyl (C=O) groups is 1. The van der Waals surface area contributed by atoms with Crippen molar-refractivity contribution in [1.82, 2.24) is 5.32 Å². The van der Waals surface area contributed by atoms with Crippen molar-refractivity contribution in [3.05, 3.63) is 52.2 Å². The first kappa shape index (κ1) is 15.0. The van der Waals surface area contributed by atoms with E-state index in [4.69, 9.17) is 0 Å². The molecule has 0 atom stereocenters. The van der Waals surface area contributed by atoms with Gasteiger partial charge in [0.25, 0.3) is 5.91 Å². The van der Waals surface area contributed by atoms with Crippen LogP contribution in [0.2, 0.25) is 0 Å². The third-order valence-corrected chi connectivity index (χ3v) is 5.13. The van der Waals surface area contributed by atoms with Crippen LogP contribution in [0.4, 0.5) is 9.39 Å². The van der Waals surface area contributed by atoms with Crippen LogP contribution in [0.3, 0.4) is 0 Å². The quantitative estimate of drug-likeness (QED) is 0.934. The summed E-state index contributed by atoms with van der Waals surface area (Å²) in [6, 6.07) is 8.31. The fourth-order valence-corrected chi connectivity index (χ4v) is 3.97. The van der Waals surface area contributed by atoms with Crippen molar-refractivity contribution in [2.24, 2.45) is 0 Å². The summed E-state index contributed by atoms with van der Waals surface area (Å²) >= 11 is 1.55. The molecule has 116 valence electrons. The Kier molecular flexibility index (Phi) is 4.43. The third kappa shape index (κ3) is 3.14. The Labute approximate surface area is 133 Å². The molecule has 0 fully saturated rings. The number of nitrogens with zero attached hydrogens (tertiary/aromatic N) is 1. The van der Waals surface area contributed by atoms with Crippen molar-refractivity contribution in [2.45, 2.75) is 26.3 Å². The monoisotopic (exact) mass is 318 g/mol. The molecule has 0 saturated heterocycles. The first-order valence-electron chi connectivity index (χ1n) is 7.57. The topological polar surface area (TPSA) is 32.3 Å². The molecule has 0 unspecified atom stereocenters. The van der Waals surface area contributed by atoms with Crippen molar-refractivity contribution in [1.29, 1.82) is 0 Å². The zero-order valence-corrected chi connectivity index (χ0v) is 13.4. The lowest BCUT2D eigenvalue weighted by molar-refractivity contribution is 0.0955. The summed E-state index contributed by atoms with van der Waals surface area (Å²) in [6.45, 7) is 4.52. The average Bonchev–Trinajstić information content (AvgIpc) is 2.96. The highest BCUT2D eigenvalue weighted by Crippen LogP contribution is 2.35. The summed E-state index contributed by atoms with van der Waals surface area (Å²) < 4.78 is 13.1. The van der Waals surface area contributed by atoms with Gasteiger partial charge in [-0.05, 0) is 49.1 Å². The third-order valence-electron chi connectivity index (χ3n) is 3.90. The van der Waals surface area contributed by atoms with E-state index in [1.54, 1.807) is 17.4 Å². The van der Waals surface area contributed by atoms with Crippen LogP contribution < -0.4 is 10.2 Å². The van der Waals surface area contributed by atoms with Crippen molar-refractivity contribution in [3.63, 3.8) is 0 Å². The number of fused-ring (bicyclic) bond motifs is 1. The molecule has 3 rings (SSSR count). The largest absolute Gasteiger partial charge is 0.363 e. The van der Waals surface area contributed by atoms with E-state index in [2.05, 4.69) is 17.1 Å². The van der Waals surface area contributed by atoms with Crippen LogP contribution in [0.5, 0.6) is 0 Å². The minimum atomic E-state index is -0.281. The highest BCUT2D eigenvalue weighted by Gasteiger charge is 2.21. The van der Waals surface area contributed by atoms with Crippen LogP contribution in [0.15, 0.2) is 30.3 Å². The maximum Gasteiger partial charge on any atom is 0.261 e. The Hall–Kier alpha value is -1.88. The van der Waals surface area contributed by atoms with Crippen LogP contribution in [0, 0.1) is 5.82 Å². The lowest BCUT2D eigenvalue weighted by Crippen LogP contribution is -2.27. The van der Waals surface area contributed by atoms with E-state index in [-0.39, 0.29) is 11.7 Å². The smallest absolute Gasteiger partial charge is 0.261 e. The van der Waals surface area contributed by atoms with Gasteiger partial charge in [-0.1, -0.05) is 12.1 Å². The summed E-state index contributed by atoms with van der Waals surface area (Å²) in [7, 11) is 0. The van der Waals surface area contributed by atoms with E-state index in [1.807, 2.05) is 12.1 Å². The molecule has 0 radical (unpaired) electrons. The molecule has 0 bridgehead atoms. The molecule has 1 aromatic carbocycles. The first-order chi connectivity index (χ1) is 10.7. The highest BCUT2D eigenvalue weighted by molar-refractivity contribution is 7.18. The number of rotatable bonds is 4. The Balaban J connectivity index is 1.69. The number of carbonyl (C=O) groups excluding carboxylic acids is 1. The predicted molar refractivity (Wildman–Crippen MR) is 88.1 cm³/mol. The summed E-state index contributed by atoms with van der Waals surface area (Å²) in [5, 5.41) is 4.10. The zero-order valence-electron chi connectivity index (χ0n) is 12.6. The Morgan fingerprint density at radius 2 is 2.27 bits per heavy atom. The van der Waals surface area contributed by atoms with E-state index in [1.165, 1.54) is 22.7 Å². The molecule has 5 heteroatoms. The fraction of sp³-hybridized carbons (Fsp3) is 0.353. The number of anilines is 1. The van der Waals surface area contributed by atoms with Gasteiger partial charge < -0.3 is 10.2 Å². The highest BCUT2D eigenvalue weighted by atomic mass is 32.1. The number of hydrogen-bond donors (Lipinski definition) is 1. The van der Waals surface area contributed by atoms with Gasteiger partial charge in [0, 0.05) is 19.6 Å². The molecule has 1 aromatic heterocycles. The van der Waals surface area contributed by atoms with Gasteiger partial charge in [-0.2, -0.15) is 0 Å². The number of nitrogens with one attached hydrogen (secondary N) is 1. The molecular weight excluding hydrogens is 299 g/mol. The Morgan fingerprint density at radius 1 is 1.41 bits per heavy atom. The summed E-state index contributed by atoms with van der Waals surface area (Å²) in [6.07, 6.45) is 2.18. The Morgan fingerprint density at radius 3 is 3.05 bits per heavy atom. The van der Waals surface area contributed by atoms with E-state index in [9.17, 15) is 9.18 Å². The van der Waals surface area contributed by atoms with Crippen molar-refractivity contribution in [2.75, 3.05) is 18.0 Å². The molecule has 2 aromatic rings. The van der Waals surface area contributed by atoms with Crippen molar-refractivity contribution in [3.8, 4) is 0 Å². The van der Waals surface area contributed by atoms with Gasteiger partial charge >= 0.3 is 0 Å². The summed E-state index contributed by atoms with van der Waals surface area (Å²) in [5.74, 6) is -0.364. The molecule has 1 aliphatic heterocycles. The molecule has 1 aliphatic rings. The van der Waals surface area contributed by atoms with Crippen LogP contribution in [0.1, 0.15) is 34.1 Å². The average molecular weight is 318 g/mol. The van der Waals surface area contributed by atoms with E-state index in [0.29, 0.717) is 6.54 Å². The molecule has 2 heterocycles. The molecule has 1 N–H and O–H groups in total. The minimum absolute atomic E-state index is 0.0836. The Bertz CT molecular complexity index is 683. The summed E-state index contributed by atoms with van der Waals surface area (Å²) in [4.78, 5) is 15.4. The maximum atomic E-state index is 13.1. The van der Waals surface area contributed by atoms with Gasteiger partial charge in [-0.25, -0.2) is 4.39 Å². The van der Waals surface area contributed by atoms with Crippen molar-refractivity contribution < 1.29 is 9.18 Å². The lowest BCUT2D eigenvalue weighted by atomic mass is 10.1. The lowest BCUT2D eigenvalue weighted by Gasteiger charge is -2.26. The predicted octanol–water partition coefficient (Wildman–Crippen LogP) is 3.59. The SMILES string of the molecule is CCN1CCCc2cc(C(=O)NCc3cccc(F)c3)sc21. The number of aryl methyl sites for hydroxylation is 1. The minimum Gasteiger partial charge on any atom is -0.363 e. The molecule has 0 spiro atoms. The molecule has 1 amide bonds. The number of halogens is 1. The van der Waals surface area contributed by atoms with Gasteiger partial charge in [-0.3, -0.25) is 4.79 Å². The second kappa shape index (κ2) is 6.48. The second-order valence-corrected chi connectivity index (χ2v) is 6.47. The number of thiophene rings is 1. The van der Waals surface area contributed by atoms with E-state index < -0.39 is 0 Å². The van der Waals surface area contributed by atoms with Gasteiger partial charge in [-0.15, -0.1) is 11.3 Å². The van der Waals surface area contributed by atoms with Gasteiger partial charge in [0.05, 0.1) is 9.88 Å². The van der Waals surface area contributed by atoms with Gasteiger partial charge in [0.1, 0.15) is 5.82 Å². The van der Waals surface area contributed by atoms with Crippen LogP contribution >= 0.6 is 11.3 Å². The van der Waals surface area contributed by atoms with Gasteiger partial charge in [0.15, 0.2) is 0 Å². The van der Waals surface area contributed by atoms with Gasteiger partial charge in [0.2, 0.25) is 0 Å². The molecule has 0 aliphatic carbocycles. The van der Waals surface area contributed by atoms with E-state index in [0.717, 1.165) is 36.4 Å². The fourth-order valence-electron chi connectivity index (χ4n) is 2.76. The number of hydrogen-bond acceptors (Lipinski definition) is 3. The molecule has 3 nitrogen and oxygen atoms in total. The normalized spacial score (nSPS) is 13.8. The molecular formula is C17H19FN2OS. The summed E-state index contributed by atoms with van der Waals surface area (Å²) in [5.41, 5.74) is 2.04. The first-order valence-corrected chi connectivity index (χ1v) is 8.39. The second-order valence-electron chi connectivity index (χ2n) is 5.44.